The Bertz CT molecular complexity index is 862. The van der Waals surface area contributed by atoms with Crippen molar-refractivity contribution in [2.45, 2.75) is 70.5 Å². The van der Waals surface area contributed by atoms with E-state index in [9.17, 15) is 4.79 Å². The molecule has 2 aromatic heterocycles. The first kappa shape index (κ1) is 20.6. The van der Waals surface area contributed by atoms with E-state index in [1.165, 1.54) is 32.1 Å². The Morgan fingerprint density at radius 2 is 2.10 bits per heavy atom. The molecule has 1 amide bonds. The number of fused-ring (bicyclic) bond motifs is 3. The van der Waals surface area contributed by atoms with E-state index >= 15 is 0 Å². The quantitative estimate of drug-likeness (QED) is 0.743. The molecule has 6 rings (SSSR count). The molecule has 5 heterocycles. The van der Waals surface area contributed by atoms with Crippen LogP contribution in [0, 0.1) is 17.8 Å². The first-order chi connectivity index (χ1) is 15.2. The Kier molecular flexibility index (Phi) is 6.30. The average Bonchev–Trinajstić information content (AvgIpc) is 3.26. The smallest absolute Gasteiger partial charge is 0.224 e. The van der Waals surface area contributed by atoms with Gasteiger partial charge in [-0.05, 0) is 49.3 Å². The van der Waals surface area contributed by atoms with Gasteiger partial charge in [0.15, 0.2) is 0 Å². The fourth-order valence-corrected chi connectivity index (χ4v) is 5.87. The Labute approximate surface area is 184 Å². The molecule has 7 heteroatoms. The van der Waals surface area contributed by atoms with Crippen LogP contribution in [0.15, 0.2) is 30.7 Å². The highest BCUT2D eigenvalue weighted by Crippen LogP contribution is 2.37. The molecule has 0 spiro atoms. The van der Waals surface area contributed by atoms with Gasteiger partial charge in [0.25, 0.3) is 0 Å². The molecule has 3 saturated heterocycles. The Balaban J connectivity index is 1.13. The van der Waals surface area contributed by atoms with Gasteiger partial charge >= 0.3 is 0 Å². The molecular weight excluding hydrogens is 388 g/mol. The van der Waals surface area contributed by atoms with Gasteiger partial charge in [0.1, 0.15) is 0 Å². The molecule has 4 aliphatic rings. The zero-order chi connectivity index (χ0) is 21.0. The van der Waals surface area contributed by atoms with Crippen LogP contribution in [0.2, 0.25) is 0 Å². The maximum absolute atomic E-state index is 12.8. The van der Waals surface area contributed by atoms with Crippen LogP contribution < -0.4 is 5.32 Å². The number of nitrogens with zero attached hydrogens (tertiary/aromatic N) is 5. The number of hydrogen-bond acceptors (Lipinski definition) is 5. The fourth-order valence-electron chi connectivity index (χ4n) is 5.87. The Morgan fingerprint density at radius 3 is 2.87 bits per heavy atom. The predicted molar refractivity (Wildman–Crippen MR) is 118 cm³/mol. The monoisotopic (exact) mass is 422 g/mol. The summed E-state index contributed by atoms with van der Waals surface area (Å²) in [6.07, 6.45) is 15.8. The number of nitrogens with one attached hydrogen (secondary N) is 1. The number of aromatic nitrogens is 4. The highest BCUT2D eigenvalue weighted by atomic mass is 16.1. The molecule has 1 aliphatic carbocycles. The first-order valence-corrected chi connectivity index (χ1v) is 12.0. The van der Waals surface area contributed by atoms with Crippen molar-refractivity contribution >= 4 is 5.91 Å². The lowest BCUT2D eigenvalue weighted by Crippen LogP contribution is -2.58. The summed E-state index contributed by atoms with van der Waals surface area (Å²) in [4.78, 5) is 19.5. The Hall–Kier alpha value is -2.28. The summed E-state index contributed by atoms with van der Waals surface area (Å²) in [5.74, 6) is 1.54. The van der Waals surface area contributed by atoms with Crippen molar-refractivity contribution in [2.75, 3.05) is 13.1 Å². The maximum atomic E-state index is 12.8. The largest absolute Gasteiger partial charge is 0.352 e. The van der Waals surface area contributed by atoms with Crippen molar-refractivity contribution in [1.29, 1.82) is 0 Å². The molecule has 7 nitrogen and oxygen atoms in total. The first-order valence-electron chi connectivity index (χ1n) is 12.0. The molecule has 1 saturated carbocycles. The van der Waals surface area contributed by atoms with E-state index in [0.29, 0.717) is 18.5 Å². The van der Waals surface area contributed by atoms with Gasteiger partial charge in [-0.1, -0.05) is 43.4 Å². The third-order valence-corrected chi connectivity index (χ3v) is 7.61. The normalized spacial score (nSPS) is 28.5. The molecule has 0 radical (unpaired) electrons. The van der Waals surface area contributed by atoms with Gasteiger partial charge in [0.05, 0.1) is 18.2 Å². The maximum Gasteiger partial charge on any atom is 0.224 e. The molecule has 4 atom stereocenters. The third-order valence-electron chi connectivity index (χ3n) is 7.61. The van der Waals surface area contributed by atoms with E-state index in [1.807, 2.05) is 23.0 Å². The summed E-state index contributed by atoms with van der Waals surface area (Å²) >= 11 is 0. The Morgan fingerprint density at radius 1 is 1.19 bits per heavy atom. The van der Waals surface area contributed by atoms with E-state index in [4.69, 9.17) is 0 Å². The number of pyridine rings is 1. The summed E-state index contributed by atoms with van der Waals surface area (Å²) in [5.41, 5.74) is 2.20. The van der Waals surface area contributed by atoms with Crippen LogP contribution in [0.3, 0.4) is 0 Å². The molecule has 2 aromatic rings. The van der Waals surface area contributed by atoms with Gasteiger partial charge in [0.2, 0.25) is 5.91 Å². The number of amides is 1. The summed E-state index contributed by atoms with van der Waals surface area (Å²) < 4.78 is 2.04. The van der Waals surface area contributed by atoms with Crippen LogP contribution in [0.25, 0.3) is 0 Å². The third kappa shape index (κ3) is 4.97. The van der Waals surface area contributed by atoms with Crippen LogP contribution in [0.4, 0.5) is 0 Å². The fraction of sp³-hybridized carbons (Fsp3) is 0.667. The van der Waals surface area contributed by atoms with Crippen molar-refractivity contribution < 1.29 is 4.79 Å². The summed E-state index contributed by atoms with van der Waals surface area (Å²) in [6.45, 7) is 3.39. The van der Waals surface area contributed by atoms with Crippen molar-refractivity contribution in [2.24, 2.45) is 17.8 Å². The van der Waals surface area contributed by atoms with Gasteiger partial charge in [-0.3, -0.25) is 19.4 Å². The van der Waals surface area contributed by atoms with E-state index in [1.54, 1.807) is 6.20 Å². The topological polar surface area (TPSA) is 75.9 Å². The van der Waals surface area contributed by atoms with Crippen LogP contribution in [0.1, 0.15) is 56.2 Å². The van der Waals surface area contributed by atoms with Gasteiger partial charge in [0, 0.05) is 37.7 Å². The highest BCUT2D eigenvalue weighted by Gasteiger charge is 2.43. The SMILES string of the molecule is O=C(NCc1cccnc1)[C@H]1CN2CCC1C[C@@H]2Cn1cc(CC2CCCCC2)nn1. The summed E-state index contributed by atoms with van der Waals surface area (Å²) in [7, 11) is 0. The van der Waals surface area contributed by atoms with Crippen LogP contribution in [-0.4, -0.2) is 49.9 Å². The highest BCUT2D eigenvalue weighted by molar-refractivity contribution is 5.79. The minimum atomic E-state index is 0.0966. The minimum Gasteiger partial charge on any atom is -0.352 e. The summed E-state index contributed by atoms with van der Waals surface area (Å²) in [5, 5.41) is 12.0. The van der Waals surface area contributed by atoms with E-state index in [-0.39, 0.29) is 11.8 Å². The van der Waals surface area contributed by atoms with E-state index in [2.05, 4.69) is 31.7 Å². The van der Waals surface area contributed by atoms with Crippen molar-refractivity contribution in [1.82, 2.24) is 30.2 Å². The molecule has 4 fully saturated rings. The number of piperidine rings is 3. The molecule has 0 aromatic carbocycles. The van der Waals surface area contributed by atoms with Crippen molar-refractivity contribution in [3.63, 3.8) is 0 Å². The molecule has 3 aliphatic heterocycles. The zero-order valence-corrected chi connectivity index (χ0v) is 18.3. The number of rotatable bonds is 7. The standard InChI is InChI=1S/C24H34N6O/c31-24(26-14-19-7-4-9-25-13-19)23-17-29-10-8-20(23)12-22(29)16-30-15-21(27-28-30)11-18-5-2-1-3-6-18/h4,7,9,13,15,18,20,22-23H,1-3,5-6,8,10-12,14,16-17H2,(H,26,31)/t20?,22-,23+/m1/s1. The lowest BCUT2D eigenvalue weighted by molar-refractivity contribution is -0.133. The van der Waals surface area contributed by atoms with Gasteiger partial charge in [-0.2, -0.15) is 0 Å². The van der Waals surface area contributed by atoms with Gasteiger partial charge in [-0.15, -0.1) is 5.10 Å². The molecule has 166 valence electrons. The second kappa shape index (κ2) is 9.47. The zero-order valence-electron chi connectivity index (χ0n) is 18.3. The van der Waals surface area contributed by atoms with Crippen LogP contribution in [0.5, 0.6) is 0 Å². The van der Waals surface area contributed by atoms with Gasteiger partial charge in [-0.25, -0.2) is 0 Å². The lowest BCUT2D eigenvalue weighted by Gasteiger charge is -2.49. The number of carbonyl (C=O) groups excluding carboxylic acids is 1. The van der Waals surface area contributed by atoms with Crippen molar-refractivity contribution in [3.8, 4) is 0 Å². The molecular formula is C24H34N6O. The molecule has 1 N–H and O–H groups in total. The van der Waals surface area contributed by atoms with Gasteiger partial charge < -0.3 is 5.32 Å². The van der Waals surface area contributed by atoms with Crippen LogP contribution in [-0.2, 0) is 24.3 Å². The molecule has 31 heavy (non-hydrogen) atoms. The second-order valence-electron chi connectivity index (χ2n) is 9.76. The van der Waals surface area contributed by atoms with E-state index in [0.717, 1.165) is 56.1 Å². The molecule has 2 unspecified atom stereocenters. The molecule has 2 bridgehead atoms. The summed E-state index contributed by atoms with van der Waals surface area (Å²) in [6, 6.07) is 4.37. The van der Waals surface area contributed by atoms with Crippen molar-refractivity contribution in [3.05, 3.63) is 42.0 Å². The predicted octanol–water partition coefficient (Wildman–Crippen LogP) is 2.82. The lowest BCUT2D eigenvalue weighted by atomic mass is 9.75. The minimum absolute atomic E-state index is 0.0966. The van der Waals surface area contributed by atoms with E-state index < -0.39 is 0 Å². The van der Waals surface area contributed by atoms with Crippen LogP contribution >= 0.6 is 0 Å². The number of hydrogen-bond donors (Lipinski definition) is 1. The second-order valence-corrected chi connectivity index (χ2v) is 9.76. The number of carbonyl (C=O) groups is 1. The average molecular weight is 423 g/mol.